The Balaban J connectivity index is 1.93. The van der Waals surface area contributed by atoms with Crippen molar-refractivity contribution in [2.75, 3.05) is 13.7 Å². The van der Waals surface area contributed by atoms with Gasteiger partial charge in [0.15, 0.2) is 0 Å². The van der Waals surface area contributed by atoms with Crippen LogP contribution in [0.1, 0.15) is 22.2 Å². The zero-order chi connectivity index (χ0) is 17.8. The van der Waals surface area contributed by atoms with Crippen LogP contribution in [0.25, 0.3) is 22.9 Å². The maximum Gasteiger partial charge on any atom is 0.134 e. The molecule has 3 aromatic rings. The van der Waals surface area contributed by atoms with Gasteiger partial charge in [-0.2, -0.15) is 5.26 Å². The Labute approximate surface area is 150 Å². The maximum atomic E-state index is 9.45. The zero-order valence-corrected chi connectivity index (χ0v) is 15.3. The summed E-state index contributed by atoms with van der Waals surface area (Å²) >= 11 is 1.46. The van der Waals surface area contributed by atoms with E-state index in [0.717, 1.165) is 23.5 Å². The van der Waals surface area contributed by atoms with E-state index in [9.17, 15) is 5.26 Å². The van der Waals surface area contributed by atoms with Crippen molar-refractivity contribution < 1.29 is 9.15 Å². The smallest absolute Gasteiger partial charge is 0.134 e. The van der Waals surface area contributed by atoms with Crippen molar-refractivity contribution in [1.29, 1.82) is 5.26 Å². The van der Waals surface area contributed by atoms with Crippen LogP contribution in [0.4, 0.5) is 0 Å². The molecule has 25 heavy (non-hydrogen) atoms. The van der Waals surface area contributed by atoms with Crippen molar-refractivity contribution in [3.8, 4) is 17.3 Å². The Morgan fingerprint density at radius 2 is 2.32 bits per heavy atom. The molecule has 0 N–H and O–H groups in total. The molecule has 0 saturated heterocycles. The molecule has 0 radical (unpaired) electrons. The molecule has 0 aliphatic carbocycles. The molecule has 0 aliphatic rings. The van der Waals surface area contributed by atoms with E-state index in [1.54, 1.807) is 25.5 Å². The summed E-state index contributed by atoms with van der Waals surface area (Å²) in [6.45, 7) is 5.65. The van der Waals surface area contributed by atoms with Gasteiger partial charge in [0.2, 0.25) is 0 Å². The number of hydrogen-bond donors (Lipinski definition) is 0. The van der Waals surface area contributed by atoms with Gasteiger partial charge in [0.1, 0.15) is 16.8 Å². The van der Waals surface area contributed by atoms with Gasteiger partial charge in [0.05, 0.1) is 24.1 Å². The topological polar surface area (TPSA) is 64.0 Å². The maximum absolute atomic E-state index is 9.45. The zero-order valence-electron chi connectivity index (χ0n) is 14.4. The monoisotopic (exact) mass is 353 g/mol. The fraction of sp³-hybridized carbons (Fsp3) is 0.263. The lowest BCUT2D eigenvalue weighted by atomic mass is 10.2. The number of hydrogen-bond acceptors (Lipinski definition) is 5. The quantitative estimate of drug-likeness (QED) is 0.611. The molecule has 0 aromatic carbocycles. The minimum atomic E-state index is 0.499. The van der Waals surface area contributed by atoms with E-state index >= 15 is 0 Å². The van der Waals surface area contributed by atoms with E-state index in [2.05, 4.69) is 35.5 Å². The third-order valence-electron chi connectivity index (χ3n) is 4.05. The standard InChI is InChI=1S/C19H19N3O2S/c1-13-9-17(14(2)22(13)6-8-23-3)18-12-25-19(21-18)15(11-20)10-16-5-4-7-24-16/h4-5,7,9-10,12H,6,8H2,1-3H3/b15-10+. The van der Waals surface area contributed by atoms with E-state index in [0.29, 0.717) is 22.9 Å². The van der Waals surface area contributed by atoms with Crippen LogP contribution in [-0.4, -0.2) is 23.3 Å². The lowest BCUT2D eigenvalue weighted by molar-refractivity contribution is 0.186. The molecule has 6 heteroatoms. The summed E-state index contributed by atoms with van der Waals surface area (Å²) < 4.78 is 12.7. The summed E-state index contributed by atoms with van der Waals surface area (Å²) in [4.78, 5) is 4.67. The van der Waals surface area contributed by atoms with E-state index < -0.39 is 0 Å². The third kappa shape index (κ3) is 3.58. The Kier molecular flexibility index (Phi) is 5.17. The van der Waals surface area contributed by atoms with Crippen molar-refractivity contribution >= 4 is 23.0 Å². The number of nitrogens with zero attached hydrogens (tertiary/aromatic N) is 3. The van der Waals surface area contributed by atoms with Crippen LogP contribution in [0.15, 0.2) is 34.3 Å². The molecule has 0 fully saturated rings. The lowest BCUT2D eigenvalue weighted by Crippen LogP contribution is -2.07. The first-order chi connectivity index (χ1) is 12.1. The normalized spacial score (nSPS) is 11.7. The van der Waals surface area contributed by atoms with Crippen molar-refractivity contribution in [1.82, 2.24) is 9.55 Å². The van der Waals surface area contributed by atoms with Crippen LogP contribution in [0.3, 0.4) is 0 Å². The molecule has 3 rings (SSSR count). The van der Waals surface area contributed by atoms with Crippen molar-refractivity contribution in [2.24, 2.45) is 0 Å². The number of ether oxygens (including phenoxy) is 1. The molecule has 0 saturated carbocycles. The molecule has 0 bridgehead atoms. The van der Waals surface area contributed by atoms with Gasteiger partial charge in [0.25, 0.3) is 0 Å². The number of allylic oxidation sites excluding steroid dienone is 1. The summed E-state index contributed by atoms with van der Waals surface area (Å²) in [7, 11) is 1.70. The summed E-state index contributed by atoms with van der Waals surface area (Å²) in [5, 5.41) is 12.1. The average Bonchev–Trinajstić information content (AvgIpc) is 3.33. The highest BCUT2D eigenvalue weighted by molar-refractivity contribution is 7.11. The molecule has 0 atom stereocenters. The molecule has 3 heterocycles. The van der Waals surface area contributed by atoms with E-state index in [1.807, 2.05) is 11.4 Å². The Hall–Kier alpha value is -2.62. The molecule has 5 nitrogen and oxygen atoms in total. The summed E-state index contributed by atoms with van der Waals surface area (Å²) in [6, 6.07) is 7.95. The number of aryl methyl sites for hydroxylation is 1. The Bertz CT molecular complexity index is 927. The van der Waals surface area contributed by atoms with Crippen LogP contribution in [-0.2, 0) is 11.3 Å². The van der Waals surface area contributed by atoms with Crippen LogP contribution < -0.4 is 0 Å². The summed E-state index contributed by atoms with van der Waals surface area (Å²) in [5.41, 5.74) is 4.80. The third-order valence-corrected chi connectivity index (χ3v) is 4.93. The number of thiazole rings is 1. The SMILES string of the molecule is COCCn1c(C)cc(-c2csc(/C(C#N)=C/c3ccco3)n2)c1C. The first-order valence-electron chi connectivity index (χ1n) is 7.91. The summed E-state index contributed by atoms with van der Waals surface area (Å²) in [6.07, 6.45) is 3.30. The van der Waals surface area contributed by atoms with E-state index in [1.165, 1.54) is 17.0 Å². The Morgan fingerprint density at radius 1 is 1.48 bits per heavy atom. The first-order valence-corrected chi connectivity index (χ1v) is 8.79. The lowest BCUT2D eigenvalue weighted by Gasteiger charge is -2.08. The number of methoxy groups -OCH3 is 1. The van der Waals surface area contributed by atoms with Crippen LogP contribution in [0, 0.1) is 25.2 Å². The van der Waals surface area contributed by atoms with Gasteiger partial charge in [0, 0.05) is 42.1 Å². The highest BCUT2D eigenvalue weighted by atomic mass is 32.1. The number of rotatable bonds is 6. The molecule has 0 amide bonds. The fourth-order valence-corrected chi connectivity index (χ4v) is 3.55. The van der Waals surface area contributed by atoms with Crippen molar-refractivity contribution in [3.05, 3.63) is 52.0 Å². The molecular formula is C19H19N3O2S. The Morgan fingerprint density at radius 3 is 3.00 bits per heavy atom. The number of nitriles is 1. The molecule has 0 aliphatic heterocycles. The fourth-order valence-electron chi connectivity index (χ4n) is 2.77. The number of furan rings is 1. The van der Waals surface area contributed by atoms with E-state index in [-0.39, 0.29) is 0 Å². The molecule has 0 spiro atoms. The van der Waals surface area contributed by atoms with E-state index in [4.69, 9.17) is 9.15 Å². The van der Waals surface area contributed by atoms with Gasteiger partial charge in [-0.1, -0.05) is 0 Å². The molecule has 3 aromatic heterocycles. The van der Waals surface area contributed by atoms with Crippen molar-refractivity contribution in [2.45, 2.75) is 20.4 Å². The van der Waals surface area contributed by atoms with Gasteiger partial charge in [-0.05, 0) is 32.0 Å². The van der Waals surface area contributed by atoms with Crippen LogP contribution in [0.5, 0.6) is 0 Å². The minimum absolute atomic E-state index is 0.499. The second-order valence-electron chi connectivity index (χ2n) is 5.65. The second kappa shape index (κ2) is 7.51. The highest BCUT2D eigenvalue weighted by Crippen LogP contribution is 2.31. The average molecular weight is 353 g/mol. The van der Waals surface area contributed by atoms with Crippen LogP contribution >= 0.6 is 11.3 Å². The van der Waals surface area contributed by atoms with Gasteiger partial charge in [-0.3, -0.25) is 0 Å². The molecule has 0 unspecified atom stereocenters. The predicted molar refractivity (Wildman–Crippen MR) is 99.1 cm³/mol. The van der Waals surface area contributed by atoms with Gasteiger partial charge < -0.3 is 13.7 Å². The van der Waals surface area contributed by atoms with Crippen LogP contribution in [0.2, 0.25) is 0 Å². The van der Waals surface area contributed by atoms with Gasteiger partial charge >= 0.3 is 0 Å². The highest BCUT2D eigenvalue weighted by Gasteiger charge is 2.15. The summed E-state index contributed by atoms with van der Waals surface area (Å²) in [5.74, 6) is 0.644. The van der Waals surface area contributed by atoms with Crippen molar-refractivity contribution in [3.63, 3.8) is 0 Å². The minimum Gasteiger partial charge on any atom is -0.465 e. The second-order valence-corrected chi connectivity index (χ2v) is 6.51. The molecule has 128 valence electrons. The van der Waals surface area contributed by atoms with Gasteiger partial charge in [-0.25, -0.2) is 4.98 Å². The number of aromatic nitrogens is 2. The first kappa shape index (κ1) is 17.2. The van der Waals surface area contributed by atoms with Gasteiger partial charge in [-0.15, -0.1) is 11.3 Å². The largest absolute Gasteiger partial charge is 0.465 e. The predicted octanol–water partition coefficient (Wildman–Crippen LogP) is 4.53. The molecular weight excluding hydrogens is 334 g/mol.